The minimum atomic E-state index is -0.276. The lowest BCUT2D eigenvalue weighted by Crippen LogP contribution is -2.04. The van der Waals surface area contributed by atoms with Gasteiger partial charge in [0.2, 0.25) is 5.95 Å². The van der Waals surface area contributed by atoms with Crippen LogP contribution in [0.1, 0.15) is 12.5 Å². The lowest BCUT2D eigenvalue weighted by Gasteiger charge is -2.10. The first-order valence-electron chi connectivity index (χ1n) is 5.89. The third kappa shape index (κ3) is 3.32. The summed E-state index contributed by atoms with van der Waals surface area (Å²) in [5.41, 5.74) is 1.18. The SMILES string of the molecule is CCNc1ncc(Cl)c(Nc2ccc(C)c(F)c2)n1. The van der Waals surface area contributed by atoms with E-state index in [4.69, 9.17) is 11.6 Å². The van der Waals surface area contributed by atoms with Crippen LogP contribution in [-0.2, 0) is 0 Å². The first-order chi connectivity index (χ1) is 9.10. The molecule has 19 heavy (non-hydrogen) atoms. The molecule has 0 saturated carbocycles. The molecule has 100 valence electrons. The highest BCUT2D eigenvalue weighted by Gasteiger charge is 2.06. The normalized spacial score (nSPS) is 10.3. The molecule has 0 spiro atoms. The standard InChI is InChI=1S/C13H14ClFN4/c1-3-16-13-17-7-10(14)12(19-13)18-9-5-4-8(2)11(15)6-9/h4-7H,3H2,1-2H3,(H2,16,17,18,19). The molecule has 0 radical (unpaired) electrons. The van der Waals surface area contributed by atoms with Crippen LogP contribution in [0.25, 0.3) is 0 Å². The number of nitrogens with one attached hydrogen (secondary N) is 2. The molecule has 0 atom stereocenters. The molecule has 1 aromatic carbocycles. The number of rotatable bonds is 4. The van der Waals surface area contributed by atoms with Crippen molar-refractivity contribution in [1.82, 2.24) is 9.97 Å². The van der Waals surface area contributed by atoms with Gasteiger partial charge < -0.3 is 10.6 Å². The van der Waals surface area contributed by atoms with E-state index < -0.39 is 0 Å². The quantitative estimate of drug-likeness (QED) is 0.895. The van der Waals surface area contributed by atoms with E-state index in [0.717, 1.165) is 0 Å². The van der Waals surface area contributed by atoms with Gasteiger partial charge in [-0.25, -0.2) is 9.37 Å². The monoisotopic (exact) mass is 280 g/mol. The first-order valence-corrected chi connectivity index (χ1v) is 6.27. The van der Waals surface area contributed by atoms with E-state index in [2.05, 4.69) is 20.6 Å². The Bertz CT molecular complexity index is 589. The Morgan fingerprint density at radius 1 is 1.37 bits per heavy atom. The zero-order valence-corrected chi connectivity index (χ0v) is 11.4. The number of nitrogens with zero attached hydrogens (tertiary/aromatic N) is 2. The summed E-state index contributed by atoms with van der Waals surface area (Å²) in [6.07, 6.45) is 1.50. The van der Waals surface area contributed by atoms with E-state index in [1.165, 1.54) is 12.3 Å². The number of aryl methyl sites for hydroxylation is 1. The van der Waals surface area contributed by atoms with Crippen molar-refractivity contribution in [2.75, 3.05) is 17.2 Å². The van der Waals surface area contributed by atoms with Crippen molar-refractivity contribution in [3.05, 3.63) is 40.8 Å². The number of hydrogen-bond donors (Lipinski definition) is 2. The first kappa shape index (κ1) is 13.5. The molecule has 0 aliphatic carbocycles. The van der Waals surface area contributed by atoms with Gasteiger partial charge in [0.1, 0.15) is 10.8 Å². The summed E-state index contributed by atoms with van der Waals surface area (Å²) in [7, 11) is 0. The molecular weight excluding hydrogens is 267 g/mol. The van der Waals surface area contributed by atoms with Gasteiger partial charge in [-0.05, 0) is 31.5 Å². The fourth-order valence-electron chi connectivity index (χ4n) is 1.51. The summed E-state index contributed by atoms with van der Waals surface area (Å²) in [6.45, 7) is 4.36. The molecule has 0 unspecified atom stereocenters. The maximum absolute atomic E-state index is 13.5. The van der Waals surface area contributed by atoms with Crippen molar-refractivity contribution in [2.24, 2.45) is 0 Å². The minimum absolute atomic E-state index is 0.276. The van der Waals surface area contributed by atoms with Crippen LogP contribution < -0.4 is 10.6 Å². The highest BCUT2D eigenvalue weighted by molar-refractivity contribution is 6.32. The molecule has 0 saturated heterocycles. The molecule has 0 aliphatic heterocycles. The summed E-state index contributed by atoms with van der Waals surface area (Å²) in [6, 6.07) is 4.86. The maximum Gasteiger partial charge on any atom is 0.224 e. The summed E-state index contributed by atoms with van der Waals surface area (Å²) in [4.78, 5) is 8.26. The molecular formula is C13H14ClFN4. The Labute approximate surface area is 116 Å². The second-order valence-corrected chi connectivity index (χ2v) is 4.42. The molecule has 0 amide bonds. The van der Waals surface area contributed by atoms with E-state index in [0.29, 0.717) is 34.6 Å². The lowest BCUT2D eigenvalue weighted by molar-refractivity contribution is 0.619. The Balaban J connectivity index is 2.26. The second kappa shape index (κ2) is 5.84. The van der Waals surface area contributed by atoms with Gasteiger partial charge in [0, 0.05) is 12.2 Å². The number of aromatic nitrogens is 2. The summed E-state index contributed by atoms with van der Waals surface area (Å²) >= 11 is 6.01. The van der Waals surface area contributed by atoms with E-state index in [-0.39, 0.29) is 5.82 Å². The molecule has 4 nitrogen and oxygen atoms in total. The minimum Gasteiger partial charge on any atom is -0.354 e. The zero-order valence-electron chi connectivity index (χ0n) is 10.7. The molecule has 2 aromatic rings. The summed E-state index contributed by atoms with van der Waals surface area (Å²) in [5.74, 6) is 0.639. The predicted molar refractivity (Wildman–Crippen MR) is 75.6 cm³/mol. The molecule has 0 bridgehead atoms. The number of halogens is 2. The van der Waals surface area contributed by atoms with E-state index in [9.17, 15) is 4.39 Å². The zero-order chi connectivity index (χ0) is 13.8. The van der Waals surface area contributed by atoms with Crippen LogP contribution in [-0.4, -0.2) is 16.5 Å². The number of hydrogen-bond acceptors (Lipinski definition) is 4. The Morgan fingerprint density at radius 2 is 2.16 bits per heavy atom. The second-order valence-electron chi connectivity index (χ2n) is 4.01. The molecule has 0 fully saturated rings. The third-order valence-electron chi connectivity index (χ3n) is 2.51. The van der Waals surface area contributed by atoms with Crippen molar-refractivity contribution in [2.45, 2.75) is 13.8 Å². The molecule has 2 N–H and O–H groups in total. The van der Waals surface area contributed by atoms with Gasteiger partial charge in [-0.3, -0.25) is 0 Å². The van der Waals surface area contributed by atoms with Crippen LogP contribution >= 0.6 is 11.6 Å². The van der Waals surface area contributed by atoms with Crippen LogP contribution in [0.5, 0.6) is 0 Å². The Kier molecular flexibility index (Phi) is 4.16. The maximum atomic E-state index is 13.5. The molecule has 0 aliphatic rings. The van der Waals surface area contributed by atoms with Gasteiger partial charge in [0.25, 0.3) is 0 Å². The van der Waals surface area contributed by atoms with Crippen LogP contribution in [0.2, 0.25) is 5.02 Å². The van der Waals surface area contributed by atoms with Crippen molar-refractivity contribution in [1.29, 1.82) is 0 Å². The lowest BCUT2D eigenvalue weighted by atomic mass is 10.2. The van der Waals surface area contributed by atoms with Crippen molar-refractivity contribution < 1.29 is 4.39 Å². The van der Waals surface area contributed by atoms with Crippen molar-refractivity contribution >= 4 is 29.1 Å². The van der Waals surface area contributed by atoms with Gasteiger partial charge >= 0.3 is 0 Å². The van der Waals surface area contributed by atoms with Crippen LogP contribution in [0.15, 0.2) is 24.4 Å². The van der Waals surface area contributed by atoms with Gasteiger partial charge in [-0.1, -0.05) is 17.7 Å². The van der Waals surface area contributed by atoms with E-state index in [1.54, 1.807) is 19.1 Å². The third-order valence-corrected chi connectivity index (χ3v) is 2.79. The van der Waals surface area contributed by atoms with Gasteiger partial charge in [0.05, 0.1) is 6.20 Å². The van der Waals surface area contributed by atoms with Crippen molar-refractivity contribution in [3.8, 4) is 0 Å². The largest absolute Gasteiger partial charge is 0.354 e. The average molecular weight is 281 g/mol. The van der Waals surface area contributed by atoms with E-state index >= 15 is 0 Å². The Morgan fingerprint density at radius 3 is 2.84 bits per heavy atom. The summed E-state index contributed by atoms with van der Waals surface area (Å²) in [5, 5.41) is 6.34. The van der Waals surface area contributed by atoms with Crippen LogP contribution in [0, 0.1) is 12.7 Å². The number of benzene rings is 1. The van der Waals surface area contributed by atoms with Gasteiger partial charge in [0.15, 0.2) is 5.82 Å². The Hall–Kier alpha value is -1.88. The molecule has 2 rings (SSSR count). The summed E-state index contributed by atoms with van der Waals surface area (Å²) < 4.78 is 13.5. The van der Waals surface area contributed by atoms with Crippen LogP contribution in [0.4, 0.5) is 21.8 Å². The van der Waals surface area contributed by atoms with Gasteiger partial charge in [-0.2, -0.15) is 4.98 Å². The van der Waals surface area contributed by atoms with E-state index in [1.807, 2.05) is 6.92 Å². The molecule has 1 aromatic heterocycles. The molecule has 1 heterocycles. The smallest absolute Gasteiger partial charge is 0.224 e. The average Bonchev–Trinajstić information content (AvgIpc) is 2.38. The van der Waals surface area contributed by atoms with Gasteiger partial charge in [-0.15, -0.1) is 0 Å². The highest BCUT2D eigenvalue weighted by Crippen LogP contribution is 2.24. The topological polar surface area (TPSA) is 49.8 Å². The predicted octanol–water partition coefficient (Wildman–Crippen LogP) is 3.75. The highest BCUT2D eigenvalue weighted by atomic mass is 35.5. The van der Waals surface area contributed by atoms with Crippen molar-refractivity contribution in [3.63, 3.8) is 0 Å². The fourth-order valence-corrected chi connectivity index (χ4v) is 1.64. The van der Waals surface area contributed by atoms with Crippen LogP contribution in [0.3, 0.4) is 0 Å². The molecule has 6 heteroatoms. The number of anilines is 3. The fraction of sp³-hybridized carbons (Fsp3) is 0.231.